The Kier molecular flexibility index (Phi) is 5.21. The van der Waals surface area contributed by atoms with E-state index in [9.17, 15) is 5.11 Å². The summed E-state index contributed by atoms with van der Waals surface area (Å²) in [7, 11) is 1.88. The molecule has 0 aliphatic rings. The van der Waals surface area contributed by atoms with Crippen molar-refractivity contribution >= 4 is 11.6 Å². The molecule has 0 amide bonds. The first-order valence-corrected chi connectivity index (χ1v) is 7.41. The summed E-state index contributed by atoms with van der Waals surface area (Å²) in [6.45, 7) is 2.03. The number of hydrogen-bond acceptors (Lipinski definition) is 2. The molecule has 4 heteroatoms. The van der Waals surface area contributed by atoms with Crippen LogP contribution in [0.25, 0.3) is 0 Å². The second-order valence-corrected chi connectivity index (χ2v) is 5.44. The van der Waals surface area contributed by atoms with Crippen LogP contribution in [0.15, 0.2) is 30.3 Å². The first kappa shape index (κ1) is 15.1. The minimum Gasteiger partial charge on any atom is -0.393 e. The zero-order valence-electron chi connectivity index (χ0n) is 12.0. The number of aliphatic hydroxyl groups excluding tert-OH is 1. The Balaban J connectivity index is 1.95. The van der Waals surface area contributed by atoms with E-state index in [-0.39, 0.29) is 0 Å². The van der Waals surface area contributed by atoms with Crippen molar-refractivity contribution in [3.8, 4) is 0 Å². The number of aliphatic hydroxyl groups is 1. The van der Waals surface area contributed by atoms with Crippen molar-refractivity contribution in [2.75, 3.05) is 0 Å². The van der Waals surface area contributed by atoms with Crippen LogP contribution in [0.4, 0.5) is 0 Å². The predicted molar refractivity (Wildman–Crippen MR) is 82.1 cm³/mol. The topological polar surface area (TPSA) is 38.0 Å². The molecule has 0 aliphatic carbocycles. The summed E-state index contributed by atoms with van der Waals surface area (Å²) in [5.41, 5.74) is 3.07. The maximum atomic E-state index is 10.2. The molecule has 20 heavy (non-hydrogen) atoms. The second kappa shape index (κ2) is 6.91. The molecule has 0 saturated heterocycles. The summed E-state index contributed by atoms with van der Waals surface area (Å²) in [6, 6.07) is 10.2. The van der Waals surface area contributed by atoms with E-state index < -0.39 is 6.10 Å². The van der Waals surface area contributed by atoms with Crippen LogP contribution < -0.4 is 0 Å². The van der Waals surface area contributed by atoms with Crippen LogP contribution in [-0.2, 0) is 26.3 Å². The molecule has 0 spiro atoms. The Morgan fingerprint density at radius 3 is 2.60 bits per heavy atom. The Morgan fingerprint density at radius 1 is 1.30 bits per heavy atom. The summed E-state index contributed by atoms with van der Waals surface area (Å²) in [4.78, 5) is 0. The highest BCUT2D eigenvalue weighted by atomic mass is 35.5. The quantitative estimate of drug-likeness (QED) is 0.888. The Morgan fingerprint density at radius 2 is 2.00 bits per heavy atom. The van der Waals surface area contributed by atoms with E-state index in [4.69, 9.17) is 11.6 Å². The third-order valence-corrected chi connectivity index (χ3v) is 3.98. The largest absolute Gasteiger partial charge is 0.393 e. The zero-order chi connectivity index (χ0) is 14.5. The van der Waals surface area contributed by atoms with Crippen molar-refractivity contribution in [2.45, 2.75) is 38.7 Å². The van der Waals surface area contributed by atoms with Gasteiger partial charge in [0.05, 0.1) is 22.5 Å². The van der Waals surface area contributed by atoms with Gasteiger partial charge in [-0.1, -0.05) is 48.9 Å². The van der Waals surface area contributed by atoms with Gasteiger partial charge in [-0.2, -0.15) is 5.10 Å². The molecule has 0 saturated carbocycles. The van der Waals surface area contributed by atoms with E-state index in [2.05, 4.69) is 17.2 Å². The van der Waals surface area contributed by atoms with Gasteiger partial charge < -0.3 is 5.11 Å². The number of hydrogen-bond donors (Lipinski definition) is 1. The first-order valence-electron chi connectivity index (χ1n) is 7.04. The number of nitrogens with zero attached hydrogens (tertiary/aromatic N) is 2. The number of halogens is 1. The summed E-state index contributed by atoms with van der Waals surface area (Å²) >= 11 is 6.30. The van der Waals surface area contributed by atoms with E-state index in [1.165, 1.54) is 5.56 Å². The van der Waals surface area contributed by atoms with Gasteiger partial charge in [0, 0.05) is 13.5 Å². The van der Waals surface area contributed by atoms with Crippen molar-refractivity contribution in [1.29, 1.82) is 0 Å². The molecule has 3 nitrogen and oxygen atoms in total. The molecular weight excluding hydrogens is 272 g/mol. The zero-order valence-corrected chi connectivity index (χ0v) is 12.8. The average molecular weight is 293 g/mol. The van der Waals surface area contributed by atoms with Gasteiger partial charge in [0.25, 0.3) is 0 Å². The monoisotopic (exact) mass is 292 g/mol. The number of rotatable bonds is 6. The Labute approximate surface area is 125 Å². The van der Waals surface area contributed by atoms with Gasteiger partial charge in [0.15, 0.2) is 0 Å². The lowest BCUT2D eigenvalue weighted by atomic mass is 10.0. The van der Waals surface area contributed by atoms with E-state index in [0.717, 1.165) is 30.7 Å². The molecule has 1 N–H and O–H groups in total. The van der Waals surface area contributed by atoms with Crippen LogP contribution in [0.5, 0.6) is 0 Å². The molecular formula is C16H21ClN2O. The highest BCUT2D eigenvalue weighted by Crippen LogP contribution is 2.22. The standard InChI is InChI=1S/C16H21ClN2O/c1-3-14-16(17)15(19(2)18-14)11-13(20)10-9-12-7-5-4-6-8-12/h4-8,13,20H,3,9-11H2,1-2H3. The highest BCUT2D eigenvalue weighted by Gasteiger charge is 2.16. The minimum atomic E-state index is -0.396. The molecule has 1 heterocycles. The summed E-state index contributed by atoms with van der Waals surface area (Å²) in [5.74, 6) is 0. The smallest absolute Gasteiger partial charge is 0.0850 e. The lowest BCUT2D eigenvalue weighted by molar-refractivity contribution is 0.163. The molecule has 2 rings (SSSR count). The molecule has 0 aliphatic heterocycles. The molecule has 1 aromatic carbocycles. The van der Waals surface area contributed by atoms with Gasteiger partial charge in [0.2, 0.25) is 0 Å². The number of aryl methyl sites for hydroxylation is 3. The van der Waals surface area contributed by atoms with Gasteiger partial charge in [-0.15, -0.1) is 0 Å². The first-order chi connectivity index (χ1) is 9.61. The van der Waals surface area contributed by atoms with Crippen LogP contribution in [0.1, 0.15) is 30.3 Å². The molecule has 0 bridgehead atoms. The molecule has 1 aromatic heterocycles. The second-order valence-electron chi connectivity index (χ2n) is 5.07. The van der Waals surface area contributed by atoms with Gasteiger partial charge in [-0.25, -0.2) is 0 Å². The van der Waals surface area contributed by atoms with Crippen molar-refractivity contribution in [3.05, 3.63) is 52.3 Å². The normalized spacial score (nSPS) is 12.6. The summed E-state index contributed by atoms with van der Waals surface area (Å²) < 4.78 is 1.78. The molecule has 1 atom stereocenters. The number of benzene rings is 1. The van der Waals surface area contributed by atoms with E-state index in [1.54, 1.807) is 4.68 Å². The molecule has 0 radical (unpaired) electrons. The lowest BCUT2D eigenvalue weighted by Gasteiger charge is -2.11. The maximum absolute atomic E-state index is 10.2. The van der Waals surface area contributed by atoms with Gasteiger partial charge in [-0.3, -0.25) is 4.68 Å². The molecule has 1 unspecified atom stereocenters. The van der Waals surface area contributed by atoms with Crippen LogP contribution in [0.3, 0.4) is 0 Å². The van der Waals surface area contributed by atoms with Crippen LogP contribution in [0, 0.1) is 0 Å². The fourth-order valence-electron chi connectivity index (χ4n) is 2.34. The van der Waals surface area contributed by atoms with Crippen LogP contribution in [0.2, 0.25) is 5.02 Å². The minimum absolute atomic E-state index is 0.396. The molecule has 2 aromatic rings. The average Bonchev–Trinajstić information content (AvgIpc) is 2.73. The van der Waals surface area contributed by atoms with Crippen LogP contribution in [-0.4, -0.2) is 21.0 Å². The summed E-state index contributed by atoms with van der Waals surface area (Å²) in [6.07, 6.45) is 2.57. The van der Waals surface area contributed by atoms with Crippen molar-refractivity contribution in [1.82, 2.24) is 9.78 Å². The van der Waals surface area contributed by atoms with Crippen LogP contribution >= 0.6 is 11.6 Å². The Hall–Kier alpha value is -1.32. The third-order valence-electron chi connectivity index (χ3n) is 3.54. The van der Waals surface area contributed by atoms with Gasteiger partial charge in [-0.05, 0) is 24.8 Å². The predicted octanol–water partition coefficient (Wildman–Crippen LogP) is 3.17. The van der Waals surface area contributed by atoms with E-state index in [0.29, 0.717) is 11.4 Å². The highest BCUT2D eigenvalue weighted by molar-refractivity contribution is 6.31. The third kappa shape index (κ3) is 3.62. The van der Waals surface area contributed by atoms with Gasteiger partial charge >= 0.3 is 0 Å². The SMILES string of the molecule is CCc1nn(C)c(CC(O)CCc2ccccc2)c1Cl. The van der Waals surface area contributed by atoms with Crippen molar-refractivity contribution in [3.63, 3.8) is 0 Å². The fourth-order valence-corrected chi connectivity index (χ4v) is 2.72. The summed E-state index contributed by atoms with van der Waals surface area (Å²) in [5, 5.41) is 15.3. The maximum Gasteiger partial charge on any atom is 0.0850 e. The van der Waals surface area contributed by atoms with E-state index >= 15 is 0 Å². The van der Waals surface area contributed by atoms with Gasteiger partial charge in [0.1, 0.15) is 0 Å². The van der Waals surface area contributed by atoms with E-state index in [1.807, 2.05) is 32.2 Å². The van der Waals surface area contributed by atoms with Crippen molar-refractivity contribution < 1.29 is 5.11 Å². The Bertz CT molecular complexity index is 551. The van der Waals surface area contributed by atoms with Crippen molar-refractivity contribution in [2.24, 2.45) is 7.05 Å². The fraction of sp³-hybridized carbons (Fsp3) is 0.438. The molecule has 0 fully saturated rings. The molecule has 108 valence electrons. The number of aromatic nitrogens is 2. The lowest BCUT2D eigenvalue weighted by Crippen LogP contribution is -2.14.